The molecule has 106 valence electrons. The van der Waals surface area contributed by atoms with Crippen molar-refractivity contribution in [3.63, 3.8) is 0 Å². The van der Waals surface area contributed by atoms with Crippen LogP contribution in [0.5, 0.6) is 0 Å². The maximum Gasteiger partial charge on any atom is 0.240 e. The highest BCUT2D eigenvalue weighted by Crippen LogP contribution is 2.40. The van der Waals surface area contributed by atoms with Crippen molar-refractivity contribution in [1.29, 1.82) is 0 Å². The van der Waals surface area contributed by atoms with E-state index in [4.69, 9.17) is 0 Å². The number of aromatic nitrogens is 2. The number of para-hydroxylation sites is 2. The predicted octanol–water partition coefficient (Wildman–Crippen LogP) is 1.31. The van der Waals surface area contributed by atoms with Crippen molar-refractivity contribution in [2.45, 2.75) is 39.0 Å². The minimum Gasteiger partial charge on any atom is -0.392 e. The molecule has 0 bridgehead atoms. The fourth-order valence-corrected chi connectivity index (χ4v) is 2.68. The molecule has 0 aliphatic heterocycles. The predicted molar refractivity (Wildman–Crippen MR) is 76.1 cm³/mol. The maximum absolute atomic E-state index is 12.1. The molecule has 1 amide bonds. The number of rotatable bonds is 3. The van der Waals surface area contributed by atoms with Crippen LogP contribution in [0.4, 0.5) is 0 Å². The summed E-state index contributed by atoms with van der Waals surface area (Å²) in [7, 11) is 0. The zero-order valence-electron chi connectivity index (χ0n) is 11.7. The van der Waals surface area contributed by atoms with Gasteiger partial charge < -0.3 is 15.0 Å². The Morgan fingerprint density at radius 3 is 2.95 bits per heavy atom. The average Bonchev–Trinajstić information content (AvgIpc) is 2.82. The Morgan fingerprint density at radius 2 is 2.25 bits per heavy atom. The van der Waals surface area contributed by atoms with Crippen LogP contribution in [0.15, 0.2) is 30.6 Å². The molecule has 1 aromatic carbocycles. The summed E-state index contributed by atoms with van der Waals surface area (Å²) in [6, 6.07) is 7.78. The third-order valence-electron chi connectivity index (χ3n) is 4.39. The smallest absolute Gasteiger partial charge is 0.240 e. The number of carbonyl (C=O) groups excluding carboxylic acids is 1. The van der Waals surface area contributed by atoms with Gasteiger partial charge in [-0.1, -0.05) is 26.0 Å². The van der Waals surface area contributed by atoms with Crippen LogP contribution in [0.3, 0.4) is 0 Å². The quantitative estimate of drug-likeness (QED) is 0.886. The first kappa shape index (κ1) is 13.1. The molecule has 1 aliphatic carbocycles. The monoisotopic (exact) mass is 273 g/mol. The Labute approximate surface area is 117 Å². The number of carbonyl (C=O) groups is 1. The minimum atomic E-state index is -0.332. The largest absolute Gasteiger partial charge is 0.392 e. The molecular formula is C15H19N3O2. The lowest BCUT2D eigenvalue weighted by Gasteiger charge is -2.49. The van der Waals surface area contributed by atoms with E-state index in [0.717, 1.165) is 11.0 Å². The molecule has 0 radical (unpaired) electrons. The summed E-state index contributed by atoms with van der Waals surface area (Å²) in [5, 5.41) is 12.7. The van der Waals surface area contributed by atoms with E-state index < -0.39 is 0 Å². The van der Waals surface area contributed by atoms with Crippen LogP contribution in [0.1, 0.15) is 20.3 Å². The standard InChI is InChI=1S/C15H19N3O2/c1-15(2)12(7-13(15)19)17-14(20)8-18-9-16-10-5-3-4-6-11(10)18/h3-6,9,12-13,19H,7-8H2,1-2H3,(H,17,20). The lowest BCUT2D eigenvalue weighted by Crippen LogP contribution is -2.61. The lowest BCUT2D eigenvalue weighted by molar-refractivity contribution is -0.129. The van der Waals surface area contributed by atoms with E-state index in [1.54, 1.807) is 6.33 Å². The molecule has 20 heavy (non-hydrogen) atoms. The van der Waals surface area contributed by atoms with E-state index in [1.807, 2.05) is 42.7 Å². The van der Waals surface area contributed by atoms with Crippen LogP contribution < -0.4 is 5.32 Å². The first-order valence-corrected chi connectivity index (χ1v) is 6.86. The normalized spacial score (nSPS) is 24.4. The van der Waals surface area contributed by atoms with Crippen molar-refractivity contribution in [3.8, 4) is 0 Å². The highest BCUT2D eigenvalue weighted by Gasteiger charge is 2.47. The summed E-state index contributed by atoms with van der Waals surface area (Å²) < 4.78 is 1.84. The van der Waals surface area contributed by atoms with E-state index in [2.05, 4.69) is 10.3 Å². The summed E-state index contributed by atoms with van der Waals surface area (Å²) >= 11 is 0. The first-order chi connectivity index (χ1) is 9.48. The summed E-state index contributed by atoms with van der Waals surface area (Å²) in [6.07, 6.45) is 1.98. The summed E-state index contributed by atoms with van der Waals surface area (Å²) in [6.45, 7) is 4.20. The minimum absolute atomic E-state index is 0.0415. The van der Waals surface area contributed by atoms with Crippen LogP contribution >= 0.6 is 0 Å². The van der Waals surface area contributed by atoms with E-state index in [0.29, 0.717) is 6.42 Å². The molecule has 1 aromatic heterocycles. The van der Waals surface area contributed by atoms with Gasteiger partial charge in [0, 0.05) is 11.5 Å². The fraction of sp³-hybridized carbons (Fsp3) is 0.467. The Kier molecular flexibility index (Phi) is 3.01. The molecule has 3 rings (SSSR count). The van der Waals surface area contributed by atoms with E-state index in [1.165, 1.54) is 0 Å². The van der Waals surface area contributed by atoms with Gasteiger partial charge in [-0.3, -0.25) is 4.79 Å². The van der Waals surface area contributed by atoms with E-state index >= 15 is 0 Å². The third kappa shape index (κ3) is 2.08. The Morgan fingerprint density at radius 1 is 1.50 bits per heavy atom. The number of nitrogens with one attached hydrogen (secondary N) is 1. The van der Waals surface area contributed by atoms with Gasteiger partial charge in [-0.05, 0) is 18.6 Å². The zero-order valence-corrected chi connectivity index (χ0v) is 11.7. The third-order valence-corrected chi connectivity index (χ3v) is 4.39. The molecule has 0 spiro atoms. The van der Waals surface area contributed by atoms with Gasteiger partial charge in [0.1, 0.15) is 6.54 Å². The number of fused-ring (bicyclic) bond motifs is 1. The highest BCUT2D eigenvalue weighted by atomic mass is 16.3. The van der Waals surface area contributed by atoms with Crippen LogP contribution in [-0.4, -0.2) is 32.7 Å². The molecule has 2 atom stereocenters. The molecule has 5 heteroatoms. The van der Waals surface area contributed by atoms with Gasteiger partial charge in [0.05, 0.1) is 23.5 Å². The van der Waals surface area contributed by atoms with Gasteiger partial charge in [0.15, 0.2) is 0 Å². The number of hydrogen-bond acceptors (Lipinski definition) is 3. The molecule has 2 N–H and O–H groups in total. The van der Waals surface area contributed by atoms with Crippen LogP contribution in [-0.2, 0) is 11.3 Å². The van der Waals surface area contributed by atoms with Crippen molar-refractivity contribution < 1.29 is 9.90 Å². The van der Waals surface area contributed by atoms with Gasteiger partial charge in [-0.15, -0.1) is 0 Å². The van der Waals surface area contributed by atoms with Crippen molar-refractivity contribution in [2.24, 2.45) is 5.41 Å². The first-order valence-electron chi connectivity index (χ1n) is 6.86. The summed E-state index contributed by atoms with van der Waals surface area (Å²) in [5.74, 6) is -0.0434. The van der Waals surface area contributed by atoms with Crippen molar-refractivity contribution >= 4 is 16.9 Å². The fourth-order valence-electron chi connectivity index (χ4n) is 2.68. The molecular weight excluding hydrogens is 254 g/mol. The molecule has 5 nitrogen and oxygen atoms in total. The molecule has 0 saturated heterocycles. The zero-order chi connectivity index (χ0) is 14.3. The second-order valence-corrected chi connectivity index (χ2v) is 6.05. The SMILES string of the molecule is CC1(C)C(O)CC1NC(=O)Cn1cnc2ccccc21. The van der Waals surface area contributed by atoms with Crippen molar-refractivity contribution in [2.75, 3.05) is 0 Å². The number of imidazole rings is 1. The van der Waals surface area contributed by atoms with Crippen LogP contribution in [0.25, 0.3) is 11.0 Å². The molecule has 1 fully saturated rings. The number of aliphatic hydroxyl groups is 1. The van der Waals surface area contributed by atoms with Crippen molar-refractivity contribution in [1.82, 2.24) is 14.9 Å². The number of nitrogens with zero attached hydrogens (tertiary/aromatic N) is 2. The molecule has 2 aromatic rings. The summed E-state index contributed by atoms with van der Waals surface area (Å²) in [4.78, 5) is 16.4. The van der Waals surface area contributed by atoms with Gasteiger partial charge in [-0.25, -0.2) is 4.98 Å². The molecule has 2 unspecified atom stereocenters. The molecule has 1 saturated carbocycles. The van der Waals surface area contributed by atoms with E-state index in [9.17, 15) is 9.90 Å². The second kappa shape index (κ2) is 4.59. The Bertz CT molecular complexity index is 647. The number of hydrogen-bond donors (Lipinski definition) is 2. The number of amides is 1. The van der Waals surface area contributed by atoms with Crippen molar-refractivity contribution in [3.05, 3.63) is 30.6 Å². The topological polar surface area (TPSA) is 67.2 Å². The Balaban J connectivity index is 1.68. The number of aliphatic hydroxyl groups excluding tert-OH is 1. The average molecular weight is 273 g/mol. The van der Waals surface area contributed by atoms with Gasteiger partial charge >= 0.3 is 0 Å². The van der Waals surface area contributed by atoms with Crippen LogP contribution in [0, 0.1) is 5.41 Å². The highest BCUT2D eigenvalue weighted by molar-refractivity contribution is 5.80. The summed E-state index contributed by atoms with van der Waals surface area (Å²) in [5.41, 5.74) is 1.60. The molecule has 1 aliphatic rings. The van der Waals surface area contributed by atoms with Gasteiger partial charge in [0.25, 0.3) is 0 Å². The van der Waals surface area contributed by atoms with Gasteiger partial charge in [0.2, 0.25) is 5.91 Å². The Hall–Kier alpha value is -1.88. The van der Waals surface area contributed by atoms with E-state index in [-0.39, 0.29) is 30.0 Å². The lowest BCUT2D eigenvalue weighted by atomic mass is 9.64. The maximum atomic E-state index is 12.1. The van der Waals surface area contributed by atoms with Gasteiger partial charge in [-0.2, -0.15) is 0 Å². The molecule has 1 heterocycles. The second-order valence-electron chi connectivity index (χ2n) is 6.05. The van der Waals surface area contributed by atoms with Crippen LogP contribution in [0.2, 0.25) is 0 Å². The number of benzene rings is 1.